The lowest BCUT2D eigenvalue weighted by Crippen LogP contribution is -2.00. The third-order valence-electron chi connectivity index (χ3n) is 3.38. The van der Waals surface area contributed by atoms with Gasteiger partial charge in [-0.15, -0.1) is 13.2 Å². The Kier molecular flexibility index (Phi) is 13.2. The molecule has 0 amide bonds. The summed E-state index contributed by atoms with van der Waals surface area (Å²) < 4.78 is 0. The van der Waals surface area contributed by atoms with Gasteiger partial charge in [-0.2, -0.15) is 0 Å². The van der Waals surface area contributed by atoms with E-state index >= 15 is 0 Å². The quantitative estimate of drug-likeness (QED) is 0.601. The fraction of sp³-hybridized carbons (Fsp3) is 0.400. The second kappa shape index (κ2) is 14.3. The van der Waals surface area contributed by atoms with E-state index in [0.29, 0.717) is 0 Å². The van der Waals surface area contributed by atoms with Crippen LogP contribution in [0.3, 0.4) is 0 Å². The molecule has 2 aromatic carbocycles. The van der Waals surface area contributed by atoms with Gasteiger partial charge in [0.25, 0.3) is 0 Å². The first-order valence-electron chi connectivity index (χ1n) is 8.19. The van der Waals surface area contributed by atoms with Gasteiger partial charge in [-0.05, 0) is 48.7 Å². The largest absolute Gasteiger partial charge is 0.330 e. The van der Waals surface area contributed by atoms with Crippen molar-refractivity contribution in [1.29, 1.82) is 0 Å². The van der Waals surface area contributed by atoms with Gasteiger partial charge >= 0.3 is 0 Å². The van der Waals surface area contributed by atoms with E-state index in [1.165, 1.54) is 29.2 Å². The van der Waals surface area contributed by atoms with E-state index in [1.54, 1.807) is 0 Å². The predicted octanol–water partition coefficient (Wildman–Crippen LogP) is 4.67. The molecule has 0 saturated heterocycles. The summed E-state index contributed by atoms with van der Waals surface area (Å²) in [7, 11) is 0. The highest BCUT2D eigenvalue weighted by molar-refractivity contribution is 5.82. The van der Waals surface area contributed by atoms with Gasteiger partial charge in [0.1, 0.15) is 0 Å². The molecule has 0 heterocycles. The zero-order valence-electron chi connectivity index (χ0n) is 14.1. The molecular weight excluding hydrogens is 268 g/mol. The number of hydrogen-bond donors (Lipinski definition) is 2. The van der Waals surface area contributed by atoms with Gasteiger partial charge in [0.2, 0.25) is 0 Å². The lowest BCUT2D eigenvalue weighted by Gasteiger charge is -1.99. The van der Waals surface area contributed by atoms with Gasteiger partial charge in [0.15, 0.2) is 0 Å². The van der Waals surface area contributed by atoms with Crippen LogP contribution in [0.5, 0.6) is 0 Å². The predicted molar refractivity (Wildman–Crippen MR) is 101 cm³/mol. The second-order valence-corrected chi connectivity index (χ2v) is 5.03. The molecule has 22 heavy (non-hydrogen) atoms. The Labute approximate surface area is 136 Å². The van der Waals surface area contributed by atoms with Crippen LogP contribution in [0.25, 0.3) is 10.8 Å². The molecule has 0 atom stereocenters. The van der Waals surface area contributed by atoms with E-state index in [2.05, 4.69) is 62.5 Å². The molecule has 0 unspecified atom stereocenters. The summed E-state index contributed by atoms with van der Waals surface area (Å²) in [6.07, 6.45) is 5.91. The average Bonchev–Trinajstić information content (AvgIpc) is 2.60. The molecule has 0 saturated carbocycles. The Bertz CT molecular complexity index is 488. The average molecular weight is 300 g/mol. The second-order valence-electron chi connectivity index (χ2n) is 5.03. The minimum atomic E-state index is 0.824. The molecule has 0 aliphatic rings. The molecule has 2 rings (SSSR count). The Morgan fingerprint density at radius 3 is 1.82 bits per heavy atom. The van der Waals surface area contributed by atoms with Crippen LogP contribution in [0.15, 0.2) is 55.6 Å². The molecule has 0 bridgehead atoms. The van der Waals surface area contributed by atoms with E-state index < -0.39 is 0 Å². The highest BCUT2D eigenvalue weighted by atomic mass is 14.5. The number of fused-ring (bicyclic) bond motifs is 1. The Balaban J connectivity index is 0.000000388. The van der Waals surface area contributed by atoms with Gasteiger partial charge in [-0.1, -0.05) is 62.2 Å². The molecule has 0 spiro atoms. The standard InChI is InChI=1S/C12H12.C6H16N2.C2H4/c1-2-10-7-8-11-5-3-4-6-12(11)9-10;7-5-3-1-2-4-6-8;1-2/h3-9H,2H2,1H3;1-8H2;1-2H2. The molecule has 0 fully saturated rings. The van der Waals surface area contributed by atoms with Crippen molar-refractivity contribution >= 4 is 10.8 Å². The number of benzene rings is 2. The van der Waals surface area contributed by atoms with E-state index in [0.717, 1.165) is 32.4 Å². The fourth-order valence-electron chi connectivity index (χ4n) is 2.10. The van der Waals surface area contributed by atoms with Gasteiger partial charge in [-0.25, -0.2) is 0 Å². The highest BCUT2D eigenvalue weighted by Gasteiger charge is 1.92. The molecule has 0 aliphatic heterocycles. The topological polar surface area (TPSA) is 52.0 Å². The van der Waals surface area contributed by atoms with E-state index in [4.69, 9.17) is 11.5 Å². The molecular formula is C20H32N2. The monoisotopic (exact) mass is 300 g/mol. The van der Waals surface area contributed by atoms with Crippen LogP contribution in [-0.4, -0.2) is 13.1 Å². The molecule has 0 aliphatic carbocycles. The first-order valence-corrected chi connectivity index (χ1v) is 8.19. The van der Waals surface area contributed by atoms with Crippen molar-refractivity contribution in [3.05, 3.63) is 61.2 Å². The van der Waals surface area contributed by atoms with Crippen molar-refractivity contribution in [1.82, 2.24) is 0 Å². The van der Waals surface area contributed by atoms with Crippen LogP contribution in [0.2, 0.25) is 0 Å². The van der Waals surface area contributed by atoms with Crippen LogP contribution in [-0.2, 0) is 6.42 Å². The van der Waals surface area contributed by atoms with Gasteiger partial charge in [-0.3, -0.25) is 0 Å². The first kappa shape index (κ1) is 20.4. The van der Waals surface area contributed by atoms with Crippen LogP contribution >= 0.6 is 0 Å². The minimum absolute atomic E-state index is 0.824. The van der Waals surface area contributed by atoms with Crippen LogP contribution in [0.1, 0.15) is 38.2 Å². The van der Waals surface area contributed by atoms with Crippen molar-refractivity contribution in [3.8, 4) is 0 Å². The smallest absolute Gasteiger partial charge is 0.00773 e. The van der Waals surface area contributed by atoms with Crippen molar-refractivity contribution < 1.29 is 0 Å². The molecule has 122 valence electrons. The summed E-state index contributed by atoms with van der Waals surface area (Å²) >= 11 is 0. The number of nitrogens with two attached hydrogens (primary N) is 2. The minimum Gasteiger partial charge on any atom is -0.330 e. The number of aryl methyl sites for hydroxylation is 1. The maximum Gasteiger partial charge on any atom is -0.00773 e. The van der Waals surface area contributed by atoms with Crippen LogP contribution < -0.4 is 11.5 Å². The summed E-state index contributed by atoms with van der Waals surface area (Å²) in [6.45, 7) is 9.83. The third kappa shape index (κ3) is 8.60. The lowest BCUT2D eigenvalue weighted by atomic mass is 10.1. The van der Waals surface area contributed by atoms with Gasteiger partial charge in [0, 0.05) is 0 Å². The van der Waals surface area contributed by atoms with Gasteiger partial charge in [0.05, 0.1) is 0 Å². The van der Waals surface area contributed by atoms with Crippen molar-refractivity contribution in [2.75, 3.05) is 13.1 Å². The summed E-state index contributed by atoms with van der Waals surface area (Å²) in [5.41, 5.74) is 12.0. The SMILES string of the molecule is C=C.CCc1ccc2ccccc2c1.NCCCCCCN. The maximum atomic E-state index is 5.28. The number of rotatable bonds is 6. The summed E-state index contributed by atoms with van der Waals surface area (Å²) in [4.78, 5) is 0. The van der Waals surface area contributed by atoms with E-state index in [-0.39, 0.29) is 0 Å². The number of unbranched alkanes of at least 4 members (excludes halogenated alkanes) is 3. The zero-order chi connectivity index (χ0) is 16.6. The maximum absolute atomic E-state index is 5.28. The van der Waals surface area contributed by atoms with Crippen LogP contribution in [0.4, 0.5) is 0 Å². The Morgan fingerprint density at radius 1 is 0.773 bits per heavy atom. The normalized spacial score (nSPS) is 9.41. The first-order chi connectivity index (χ1) is 10.8. The molecule has 0 aromatic heterocycles. The summed E-state index contributed by atoms with van der Waals surface area (Å²) in [5, 5.41) is 2.67. The van der Waals surface area contributed by atoms with Crippen molar-refractivity contribution in [2.24, 2.45) is 11.5 Å². The molecule has 2 heteroatoms. The van der Waals surface area contributed by atoms with Gasteiger partial charge < -0.3 is 11.5 Å². The van der Waals surface area contributed by atoms with Crippen molar-refractivity contribution in [3.63, 3.8) is 0 Å². The highest BCUT2D eigenvalue weighted by Crippen LogP contribution is 2.15. The Hall–Kier alpha value is -1.64. The van der Waals surface area contributed by atoms with E-state index in [1.807, 2.05) is 0 Å². The number of hydrogen-bond acceptors (Lipinski definition) is 2. The molecule has 2 nitrogen and oxygen atoms in total. The molecule has 2 aromatic rings. The van der Waals surface area contributed by atoms with Crippen molar-refractivity contribution in [2.45, 2.75) is 39.0 Å². The van der Waals surface area contributed by atoms with Crippen LogP contribution in [0, 0.1) is 0 Å². The summed E-state index contributed by atoms with van der Waals surface area (Å²) in [6, 6.07) is 15.1. The molecule has 4 N–H and O–H groups in total. The summed E-state index contributed by atoms with van der Waals surface area (Å²) in [5.74, 6) is 0. The zero-order valence-corrected chi connectivity index (χ0v) is 14.1. The molecule has 0 radical (unpaired) electrons. The lowest BCUT2D eigenvalue weighted by molar-refractivity contribution is 0.653. The third-order valence-corrected chi connectivity index (χ3v) is 3.38. The van der Waals surface area contributed by atoms with E-state index in [9.17, 15) is 0 Å². The fourth-order valence-corrected chi connectivity index (χ4v) is 2.10. The Morgan fingerprint density at radius 2 is 1.32 bits per heavy atom.